The fraction of sp³-hybridized carbons (Fsp3) is 0.240. The molecular formula is C25H25N3O4. The molecule has 1 aliphatic rings. The van der Waals surface area contributed by atoms with Crippen molar-refractivity contribution in [3.8, 4) is 11.8 Å². The van der Waals surface area contributed by atoms with Crippen LogP contribution in [0, 0.1) is 11.3 Å². The minimum Gasteiger partial charge on any atom is -0.482 e. The van der Waals surface area contributed by atoms with E-state index in [4.69, 9.17) is 9.84 Å². The SMILES string of the molecule is C=CCc1cc(/C=C(/C#N)C(=O)N2CCN(c3ccccc3)CC2)ccc1OCC(=O)O. The van der Waals surface area contributed by atoms with E-state index >= 15 is 0 Å². The average Bonchev–Trinajstić information content (AvgIpc) is 2.82. The highest BCUT2D eigenvalue weighted by molar-refractivity contribution is 6.01. The first kappa shape index (κ1) is 22.6. The zero-order chi connectivity index (χ0) is 22.9. The van der Waals surface area contributed by atoms with Crippen molar-refractivity contribution in [1.82, 2.24) is 4.90 Å². The largest absolute Gasteiger partial charge is 0.482 e. The normalized spacial score (nSPS) is 13.9. The summed E-state index contributed by atoms with van der Waals surface area (Å²) in [6.45, 7) is 5.74. The van der Waals surface area contributed by atoms with Crippen LogP contribution in [0.4, 0.5) is 5.69 Å². The van der Waals surface area contributed by atoms with Crippen LogP contribution in [-0.4, -0.2) is 54.7 Å². The van der Waals surface area contributed by atoms with Gasteiger partial charge in [-0.05, 0) is 47.9 Å². The fourth-order valence-electron chi connectivity index (χ4n) is 3.57. The van der Waals surface area contributed by atoms with E-state index in [0.717, 1.165) is 11.3 Å². The number of ether oxygens (including phenoxy) is 1. The van der Waals surface area contributed by atoms with Crippen LogP contribution in [-0.2, 0) is 16.0 Å². The second kappa shape index (κ2) is 10.8. The quantitative estimate of drug-likeness (QED) is 0.392. The molecule has 2 aromatic carbocycles. The van der Waals surface area contributed by atoms with E-state index in [1.54, 1.807) is 35.3 Å². The molecule has 1 fully saturated rings. The molecule has 0 bridgehead atoms. The number of nitriles is 1. The summed E-state index contributed by atoms with van der Waals surface area (Å²) in [6, 6.07) is 17.2. The summed E-state index contributed by atoms with van der Waals surface area (Å²) in [6.07, 6.45) is 3.70. The predicted octanol–water partition coefficient (Wildman–Crippen LogP) is 3.13. The molecule has 0 atom stereocenters. The van der Waals surface area contributed by atoms with Gasteiger partial charge in [0.25, 0.3) is 5.91 Å². The highest BCUT2D eigenvalue weighted by Gasteiger charge is 2.24. The van der Waals surface area contributed by atoms with E-state index in [1.165, 1.54) is 0 Å². The second-order valence-electron chi connectivity index (χ2n) is 7.33. The number of rotatable bonds is 8. The molecule has 0 unspecified atom stereocenters. The van der Waals surface area contributed by atoms with Gasteiger partial charge in [0.15, 0.2) is 6.61 Å². The summed E-state index contributed by atoms with van der Waals surface area (Å²) in [5.74, 6) is -0.925. The Labute approximate surface area is 187 Å². The number of carbonyl (C=O) groups excluding carboxylic acids is 1. The number of carbonyl (C=O) groups is 2. The lowest BCUT2D eigenvalue weighted by molar-refractivity contribution is -0.139. The van der Waals surface area contributed by atoms with Gasteiger partial charge in [0.05, 0.1) is 0 Å². The number of piperazine rings is 1. The van der Waals surface area contributed by atoms with Crippen molar-refractivity contribution in [2.24, 2.45) is 0 Å². The lowest BCUT2D eigenvalue weighted by Crippen LogP contribution is -2.49. The molecule has 2 aromatic rings. The molecule has 1 heterocycles. The van der Waals surface area contributed by atoms with Crippen LogP contribution in [0.5, 0.6) is 5.75 Å². The summed E-state index contributed by atoms with van der Waals surface area (Å²) in [5.41, 5.74) is 2.58. The molecule has 0 radical (unpaired) electrons. The summed E-state index contributed by atoms with van der Waals surface area (Å²) >= 11 is 0. The molecule has 164 valence electrons. The van der Waals surface area contributed by atoms with Gasteiger partial charge in [-0.1, -0.05) is 30.3 Å². The Morgan fingerprint density at radius 2 is 1.84 bits per heavy atom. The Morgan fingerprint density at radius 3 is 2.47 bits per heavy atom. The van der Waals surface area contributed by atoms with Gasteiger partial charge in [-0.3, -0.25) is 4.79 Å². The molecule has 0 saturated carbocycles. The number of benzene rings is 2. The van der Waals surface area contributed by atoms with Gasteiger partial charge in [-0.2, -0.15) is 5.26 Å². The van der Waals surface area contributed by atoms with Crippen LogP contribution in [0.15, 0.2) is 66.8 Å². The maximum atomic E-state index is 12.9. The van der Waals surface area contributed by atoms with Gasteiger partial charge in [-0.25, -0.2) is 4.79 Å². The Bertz CT molecular complexity index is 1050. The lowest BCUT2D eigenvalue weighted by atomic mass is 10.0. The van der Waals surface area contributed by atoms with Crippen LogP contribution in [0.1, 0.15) is 11.1 Å². The third-order valence-corrected chi connectivity index (χ3v) is 5.15. The third-order valence-electron chi connectivity index (χ3n) is 5.15. The van der Waals surface area contributed by atoms with Gasteiger partial charge in [0.2, 0.25) is 0 Å². The van der Waals surface area contributed by atoms with Crippen molar-refractivity contribution in [1.29, 1.82) is 5.26 Å². The number of anilines is 1. The summed E-state index contributed by atoms with van der Waals surface area (Å²) < 4.78 is 5.31. The van der Waals surface area contributed by atoms with Gasteiger partial charge >= 0.3 is 5.97 Å². The van der Waals surface area contributed by atoms with E-state index in [1.807, 2.05) is 36.4 Å². The Hall–Kier alpha value is -4.05. The molecule has 3 rings (SSSR count). The minimum atomic E-state index is -1.07. The molecule has 0 aromatic heterocycles. The van der Waals surface area contributed by atoms with Crippen molar-refractivity contribution >= 4 is 23.6 Å². The standard InChI is InChI=1S/C25H25N3O4/c1-2-6-20-15-19(9-10-23(20)32-18-24(29)30)16-21(17-26)25(31)28-13-11-27(12-14-28)22-7-4-3-5-8-22/h2-5,7-10,15-16H,1,6,11-14,18H2,(H,29,30)/b21-16-. The third kappa shape index (κ3) is 5.76. The van der Waals surface area contributed by atoms with Gasteiger partial charge in [0.1, 0.15) is 17.4 Å². The zero-order valence-electron chi connectivity index (χ0n) is 17.7. The zero-order valence-corrected chi connectivity index (χ0v) is 17.7. The number of para-hydroxylation sites is 1. The van der Waals surface area contributed by atoms with E-state index in [-0.39, 0.29) is 11.5 Å². The van der Waals surface area contributed by atoms with E-state index in [2.05, 4.69) is 11.5 Å². The molecular weight excluding hydrogens is 406 g/mol. The Morgan fingerprint density at radius 1 is 1.12 bits per heavy atom. The van der Waals surface area contributed by atoms with Crippen LogP contribution in [0.25, 0.3) is 6.08 Å². The highest BCUT2D eigenvalue weighted by atomic mass is 16.5. The summed E-state index contributed by atoms with van der Waals surface area (Å²) in [7, 11) is 0. The summed E-state index contributed by atoms with van der Waals surface area (Å²) in [4.78, 5) is 27.6. The number of carboxylic acids is 1. The number of nitrogens with zero attached hydrogens (tertiary/aromatic N) is 3. The van der Waals surface area contributed by atoms with Gasteiger partial charge in [0, 0.05) is 31.9 Å². The van der Waals surface area contributed by atoms with E-state index in [0.29, 0.717) is 43.9 Å². The number of hydrogen-bond acceptors (Lipinski definition) is 5. The monoisotopic (exact) mass is 431 g/mol. The first-order chi connectivity index (χ1) is 15.5. The van der Waals surface area contributed by atoms with Gasteiger partial charge < -0.3 is 19.6 Å². The van der Waals surface area contributed by atoms with E-state index < -0.39 is 12.6 Å². The van der Waals surface area contributed by atoms with Crippen LogP contribution >= 0.6 is 0 Å². The molecule has 1 amide bonds. The van der Waals surface area contributed by atoms with Gasteiger partial charge in [-0.15, -0.1) is 6.58 Å². The van der Waals surface area contributed by atoms with Crippen molar-refractivity contribution in [2.75, 3.05) is 37.7 Å². The van der Waals surface area contributed by atoms with Crippen molar-refractivity contribution in [3.63, 3.8) is 0 Å². The fourth-order valence-corrected chi connectivity index (χ4v) is 3.57. The highest BCUT2D eigenvalue weighted by Crippen LogP contribution is 2.23. The number of allylic oxidation sites excluding steroid dienone is 1. The maximum absolute atomic E-state index is 12.9. The number of hydrogen-bond donors (Lipinski definition) is 1. The maximum Gasteiger partial charge on any atom is 0.341 e. The molecule has 7 nitrogen and oxygen atoms in total. The van der Waals surface area contributed by atoms with Crippen LogP contribution in [0.3, 0.4) is 0 Å². The number of aliphatic carboxylic acids is 1. The Kier molecular flexibility index (Phi) is 7.65. The predicted molar refractivity (Wildman–Crippen MR) is 122 cm³/mol. The van der Waals surface area contributed by atoms with Crippen LogP contribution in [0.2, 0.25) is 0 Å². The first-order valence-electron chi connectivity index (χ1n) is 10.3. The molecule has 1 N–H and O–H groups in total. The number of amides is 1. The molecule has 0 aliphatic carbocycles. The summed E-state index contributed by atoms with van der Waals surface area (Å²) in [5, 5.41) is 18.4. The molecule has 7 heteroatoms. The van der Waals surface area contributed by atoms with E-state index in [9.17, 15) is 14.9 Å². The average molecular weight is 431 g/mol. The van der Waals surface area contributed by atoms with Crippen molar-refractivity contribution in [2.45, 2.75) is 6.42 Å². The smallest absolute Gasteiger partial charge is 0.341 e. The molecule has 32 heavy (non-hydrogen) atoms. The van der Waals surface area contributed by atoms with Crippen LogP contribution < -0.4 is 9.64 Å². The molecule has 1 saturated heterocycles. The van der Waals surface area contributed by atoms with Crippen molar-refractivity contribution < 1.29 is 19.4 Å². The molecule has 1 aliphatic heterocycles. The lowest BCUT2D eigenvalue weighted by Gasteiger charge is -2.36. The molecule has 0 spiro atoms. The topological polar surface area (TPSA) is 93.9 Å². The Balaban J connectivity index is 1.72. The number of carboxylic acid groups (broad SMARTS) is 1. The minimum absolute atomic E-state index is 0.0573. The first-order valence-corrected chi connectivity index (χ1v) is 10.3. The second-order valence-corrected chi connectivity index (χ2v) is 7.33. The van der Waals surface area contributed by atoms with Crippen molar-refractivity contribution in [3.05, 3.63) is 77.9 Å².